The van der Waals surface area contributed by atoms with Crippen LogP contribution >= 0.6 is 0 Å². The number of methoxy groups -OCH3 is 2. The highest BCUT2D eigenvalue weighted by Crippen LogP contribution is 2.42. The van der Waals surface area contributed by atoms with E-state index in [0.29, 0.717) is 24.8 Å². The molecule has 8 nitrogen and oxygen atoms in total. The minimum Gasteiger partial charge on any atom is -0.469 e. The van der Waals surface area contributed by atoms with Crippen LogP contribution in [-0.2, 0) is 28.6 Å². The third-order valence-electron chi connectivity index (χ3n) is 5.79. The molecule has 0 aliphatic heterocycles. The molecule has 1 N–H and O–H groups in total. The zero-order chi connectivity index (χ0) is 22.8. The van der Waals surface area contributed by atoms with E-state index < -0.39 is 17.9 Å². The van der Waals surface area contributed by atoms with Gasteiger partial charge in [0.1, 0.15) is 0 Å². The molecule has 4 atom stereocenters. The van der Waals surface area contributed by atoms with E-state index in [1.807, 2.05) is 6.07 Å². The zero-order valence-electron chi connectivity index (χ0n) is 18.3. The number of benzene rings is 1. The molecule has 1 aliphatic carbocycles. The Hall–Kier alpha value is -2.90. The Morgan fingerprint density at radius 1 is 0.935 bits per heavy atom. The Kier molecular flexibility index (Phi) is 9.49. The average molecular weight is 434 g/mol. The minimum absolute atomic E-state index is 0.135. The van der Waals surface area contributed by atoms with Crippen molar-refractivity contribution in [3.63, 3.8) is 0 Å². The largest absolute Gasteiger partial charge is 0.469 e. The van der Waals surface area contributed by atoms with E-state index >= 15 is 0 Å². The molecule has 2 rings (SSSR count). The van der Waals surface area contributed by atoms with E-state index in [4.69, 9.17) is 14.2 Å². The highest BCUT2D eigenvalue weighted by Gasteiger charge is 2.48. The summed E-state index contributed by atoms with van der Waals surface area (Å²) in [6.07, 6.45) is 1.81. The maximum atomic E-state index is 12.9. The van der Waals surface area contributed by atoms with Crippen LogP contribution in [0.4, 0.5) is 0 Å². The van der Waals surface area contributed by atoms with Gasteiger partial charge in [0.2, 0.25) is 0 Å². The Morgan fingerprint density at radius 3 is 2.06 bits per heavy atom. The summed E-state index contributed by atoms with van der Waals surface area (Å²) in [4.78, 5) is 49.1. The van der Waals surface area contributed by atoms with Crippen LogP contribution in [-0.4, -0.2) is 50.7 Å². The van der Waals surface area contributed by atoms with Gasteiger partial charge in [-0.15, -0.1) is 0 Å². The lowest BCUT2D eigenvalue weighted by Gasteiger charge is -2.26. The summed E-state index contributed by atoms with van der Waals surface area (Å²) >= 11 is 0. The fourth-order valence-electron chi connectivity index (χ4n) is 4.28. The van der Waals surface area contributed by atoms with Gasteiger partial charge in [-0.25, -0.2) is 0 Å². The number of carbonyl (C=O) groups is 4. The smallest absolute Gasteiger partial charge is 0.311 e. The SMILES string of the molecule is CCOC(=O)[C@H]1[C@H](CCC(=O)OC)C[C@H](CCC(=O)OC)[C@H]1NC(=O)c1ccccc1. The molecule has 1 aromatic rings. The molecule has 170 valence electrons. The summed E-state index contributed by atoms with van der Waals surface area (Å²) in [7, 11) is 2.65. The topological polar surface area (TPSA) is 108 Å². The second kappa shape index (κ2) is 12.1. The molecular weight excluding hydrogens is 402 g/mol. The van der Waals surface area contributed by atoms with Crippen LogP contribution < -0.4 is 5.32 Å². The van der Waals surface area contributed by atoms with Gasteiger partial charge in [0.05, 0.1) is 26.7 Å². The van der Waals surface area contributed by atoms with Gasteiger partial charge >= 0.3 is 17.9 Å². The van der Waals surface area contributed by atoms with Gasteiger partial charge in [-0.05, 0) is 50.2 Å². The monoisotopic (exact) mass is 433 g/mol. The first kappa shape index (κ1) is 24.4. The van der Waals surface area contributed by atoms with Crippen LogP contribution in [0.25, 0.3) is 0 Å². The number of esters is 3. The van der Waals surface area contributed by atoms with Crippen molar-refractivity contribution in [2.45, 2.75) is 45.1 Å². The minimum atomic E-state index is -0.611. The van der Waals surface area contributed by atoms with E-state index in [0.717, 1.165) is 0 Å². The molecule has 31 heavy (non-hydrogen) atoms. The first-order valence-electron chi connectivity index (χ1n) is 10.6. The van der Waals surface area contributed by atoms with Crippen molar-refractivity contribution in [2.24, 2.45) is 17.8 Å². The molecule has 1 amide bonds. The number of rotatable bonds is 10. The van der Waals surface area contributed by atoms with Gasteiger partial charge in [0.15, 0.2) is 0 Å². The third-order valence-corrected chi connectivity index (χ3v) is 5.79. The summed E-state index contributed by atoms with van der Waals surface area (Å²) < 4.78 is 14.8. The number of amides is 1. The Labute approximate surface area is 182 Å². The number of carbonyl (C=O) groups excluding carboxylic acids is 4. The van der Waals surface area contributed by atoms with Gasteiger partial charge in [-0.2, -0.15) is 0 Å². The van der Waals surface area contributed by atoms with Crippen LogP contribution in [0.15, 0.2) is 30.3 Å². The lowest BCUT2D eigenvalue weighted by molar-refractivity contribution is -0.151. The highest BCUT2D eigenvalue weighted by molar-refractivity contribution is 5.94. The fourth-order valence-corrected chi connectivity index (χ4v) is 4.28. The van der Waals surface area contributed by atoms with Gasteiger partial charge in [0, 0.05) is 24.4 Å². The average Bonchev–Trinajstić information content (AvgIpc) is 3.13. The summed E-state index contributed by atoms with van der Waals surface area (Å²) in [6.45, 7) is 1.94. The fraction of sp³-hybridized carbons (Fsp3) is 0.565. The molecule has 0 radical (unpaired) electrons. The normalized spacial score (nSPS) is 22.4. The van der Waals surface area contributed by atoms with Crippen LogP contribution in [0.2, 0.25) is 0 Å². The number of hydrogen-bond donors (Lipinski definition) is 1. The molecule has 0 bridgehead atoms. The van der Waals surface area contributed by atoms with Crippen LogP contribution in [0.5, 0.6) is 0 Å². The molecule has 0 unspecified atom stereocenters. The zero-order valence-corrected chi connectivity index (χ0v) is 18.3. The van der Waals surface area contributed by atoms with Gasteiger partial charge in [-0.1, -0.05) is 18.2 Å². The van der Waals surface area contributed by atoms with Crippen molar-refractivity contribution in [3.8, 4) is 0 Å². The lowest BCUT2D eigenvalue weighted by atomic mass is 9.89. The van der Waals surface area contributed by atoms with E-state index in [1.54, 1.807) is 31.2 Å². The molecule has 0 saturated heterocycles. The van der Waals surface area contributed by atoms with Crippen molar-refractivity contribution in [1.82, 2.24) is 5.32 Å². The quantitative estimate of drug-likeness (QED) is 0.446. The van der Waals surface area contributed by atoms with Gasteiger partial charge < -0.3 is 19.5 Å². The standard InChI is InChI=1S/C23H31NO7/c1-4-31-23(28)20-16(10-12-18(25)29-2)14-17(11-13-19(26)30-3)21(20)24-22(27)15-8-6-5-7-9-15/h5-9,16-17,20-21H,4,10-14H2,1-3H3,(H,24,27)/t16-,17+,20+,21-/m1/s1. The molecule has 1 fully saturated rings. The number of nitrogens with one attached hydrogen (secondary N) is 1. The van der Waals surface area contributed by atoms with E-state index in [9.17, 15) is 19.2 Å². The maximum Gasteiger partial charge on any atom is 0.311 e. The highest BCUT2D eigenvalue weighted by atomic mass is 16.5. The summed E-state index contributed by atoms with van der Waals surface area (Å²) in [5, 5.41) is 3.00. The van der Waals surface area contributed by atoms with Crippen molar-refractivity contribution in [2.75, 3.05) is 20.8 Å². The first-order chi connectivity index (χ1) is 14.9. The van der Waals surface area contributed by atoms with Gasteiger partial charge in [-0.3, -0.25) is 19.2 Å². The lowest BCUT2D eigenvalue weighted by Crippen LogP contribution is -2.45. The summed E-state index contributed by atoms with van der Waals surface area (Å²) in [6, 6.07) is 8.22. The molecular formula is C23H31NO7. The Balaban J connectivity index is 2.27. The maximum absolute atomic E-state index is 12.9. The Morgan fingerprint density at radius 2 is 1.52 bits per heavy atom. The molecule has 1 saturated carbocycles. The predicted molar refractivity (Wildman–Crippen MR) is 112 cm³/mol. The summed E-state index contributed by atoms with van der Waals surface area (Å²) in [5.41, 5.74) is 0.481. The van der Waals surface area contributed by atoms with Gasteiger partial charge in [0.25, 0.3) is 5.91 Å². The van der Waals surface area contributed by atoms with Crippen molar-refractivity contribution < 1.29 is 33.4 Å². The molecule has 0 heterocycles. The van der Waals surface area contributed by atoms with Crippen LogP contribution in [0.1, 0.15) is 49.4 Å². The second-order valence-electron chi connectivity index (χ2n) is 7.63. The van der Waals surface area contributed by atoms with E-state index in [1.165, 1.54) is 14.2 Å². The van der Waals surface area contributed by atoms with E-state index in [-0.39, 0.29) is 49.1 Å². The third kappa shape index (κ3) is 6.80. The van der Waals surface area contributed by atoms with Crippen LogP contribution in [0.3, 0.4) is 0 Å². The van der Waals surface area contributed by atoms with Crippen LogP contribution in [0, 0.1) is 17.8 Å². The predicted octanol–water partition coefficient (Wildman–Crippen LogP) is 2.51. The molecule has 0 spiro atoms. The molecule has 1 aliphatic rings. The van der Waals surface area contributed by atoms with Crippen molar-refractivity contribution in [1.29, 1.82) is 0 Å². The summed E-state index contributed by atoms with van der Waals surface area (Å²) in [5.74, 6) is -2.33. The molecule has 1 aromatic carbocycles. The van der Waals surface area contributed by atoms with E-state index in [2.05, 4.69) is 5.32 Å². The first-order valence-corrected chi connectivity index (χ1v) is 10.6. The molecule has 0 aromatic heterocycles. The second-order valence-corrected chi connectivity index (χ2v) is 7.63. The van der Waals surface area contributed by atoms with Crippen molar-refractivity contribution in [3.05, 3.63) is 35.9 Å². The number of hydrogen-bond acceptors (Lipinski definition) is 7. The van der Waals surface area contributed by atoms with Crippen molar-refractivity contribution >= 4 is 23.8 Å². The molecule has 8 heteroatoms. The number of ether oxygens (including phenoxy) is 3. The Bertz CT molecular complexity index is 764.